The first-order valence-corrected chi connectivity index (χ1v) is 15.4. The van der Waals surface area contributed by atoms with Gasteiger partial charge in [-0.2, -0.15) is 0 Å². The van der Waals surface area contributed by atoms with E-state index in [-0.39, 0.29) is 76.6 Å². The SMILES string of the molecule is C1=CCNC(c2ccccn2)=C1.CC1(C)CC(=O)[N-]C(=O)C1.CC1(C)CC(=O)[N-]C(=O)C1.O=[N+]([O-])[O-].O=[N+]([O-])[O-].[Pt+2].[Pt+2].c1ccc(-c2ccccn2)nc1. The van der Waals surface area contributed by atoms with Crippen LogP contribution >= 0.6 is 0 Å². The van der Waals surface area contributed by atoms with E-state index in [1.54, 1.807) is 18.6 Å². The minimum atomic E-state index is -1.75. The molecule has 0 radical (unpaired) electrons. The molecule has 18 nitrogen and oxygen atoms in total. The van der Waals surface area contributed by atoms with E-state index < -0.39 is 10.2 Å². The minimum absolute atomic E-state index is 0. The molecule has 6 rings (SSSR count). The van der Waals surface area contributed by atoms with Gasteiger partial charge in [-0.3, -0.25) is 15.0 Å². The third kappa shape index (κ3) is 24.9. The molecule has 294 valence electrons. The third-order valence-electron chi connectivity index (χ3n) is 6.36. The number of piperidine rings is 2. The van der Waals surface area contributed by atoms with Crippen LogP contribution in [0.25, 0.3) is 27.7 Å². The van der Waals surface area contributed by atoms with Crippen molar-refractivity contribution in [3.05, 3.63) is 138 Å². The Morgan fingerprint density at radius 2 is 0.907 bits per heavy atom. The Balaban J connectivity index is 0. The molecule has 3 aromatic heterocycles. The second-order valence-electron chi connectivity index (χ2n) is 12.3. The summed E-state index contributed by atoms with van der Waals surface area (Å²) in [6.45, 7) is 8.49. The predicted octanol–water partition coefficient (Wildman–Crippen LogP) is 5.71. The van der Waals surface area contributed by atoms with Gasteiger partial charge < -0.3 is 65.8 Å². The summed E-state index contributed by atoms with van der Waals surface area (Å²) in [6.07, 6.45) is 13.1. The van der Waals surface area contributed by atoms with Crippen LogP contribution in [0.3, 0.4) is 0 Å². The molecular weight excluding hydrogens is 1070 g/mol. The second-order valence-corrected chi connectivity index (χ2v) is 12.3. The van der Waals surface area contributed by atoms with E-state index in [1.165, 1.54) is 0 Å². The summed E-state index contributed by atoms with van der Waals surface area (Å²) in [5, 5.41) is 39.3. The van der Waals surface area contributed by atoms with Crippen LogP contribution in [0, 0.1) is 41.5 Å². The van der Waals surface area contributed by atoms with Gasteiger partial charge in [0.15, 0.2) is 0 Å². The fourth-order valence-corrected chi connectivity index (χ4v) is 4.39. The largest absolute Gasteiger partial charge is 2.00 e. The molecule has 1 N–H and O–H groups in total. The van der Waals surface area contributed by atoms with E-state index in [0.29, 0.717) is 25.7 Å². The van der Waals surface area contributed by atoms with E-state index in [4.69, 9.17) is 30.6 Å². The van der Waals surface area contributed by atoms with Gasteiger partial charge in [-0.15, -0.1) is 0 Å². The Morgan fingerprint density at radius 1 is 0.593 bits per heavy atom. The summed E-state index contributed by atoms with van der Waals surface area (Å²) >= 11 is 0. The number of pyridine rings is 3. The molecular formula is C34H38N8O10Pt2. The number of nitrogens with one attached hydrogen (secondary N) is 1. The van der Waals surface area contributed by atoms with Crippen LogP contribution in [0.5, 0.6) is 0 Å². The molecule has 3 aromatic rings. The summed E-state index contributed by atoms with van der Waals surface area (Å²) in [6, 6.07) is 17.5. The monoisotopic (exact) mass is 1110 g/mol. The van der Waals surface area contributed by atoms with Gasteiger partial charge in [-0.25, -0.2) is 0 Å². The molecule has 0 aromatic carbocycles. The first-order valence-electron chi connectivity index (χ1n) is 15.4. The topological polar surface area (TPSA) is 280 Å². The standard InChI is InChI=1S/C10H10N2.C10H8N2.2C7H11NO2.2NO3.2Pt/c2*1-3-7-11-9(5-1)10-6-2-4-8-12-10;2*1-7(2)3-5(9)8-6(10)4-7;2*2-1(3)4;;/h1-7,12H,8H2;1-8H;2*3-4H2,1-2H3,(H,8,9,10);;;;/q;;;;2*-1;2*+2/p-2. The molecule has 0 saturated carbocycles. The summed E-state index contributed by atoms with van der Waals surface area (Å²) in [7, 11) is 0. The zero-order valence-electron chi connectivity index (χ0n) is 29.5. The van der Waals surface area contributed by atoms with Crippen LogP contribution in [0.1, 0.15) is 59.1 Å². The smallest absolute Gasteiger partial charge is 0.596 e. The van der Waals surface area contributed by atoms with Gasteiger partial charge in [0.2, 0.25) is 0 Å². The molecule has 0 unspecified atom stereocenters. The molecule has 0 spiro atoms. The van der Waals surface area contributed by atoms with Crippen molar-refractivity contribution in [1.82, 2.24) is 20.3 Å². The fourth-order valence-electron chi connectivity index (χ4n) is 4.39. The zero-order chi connectivity index (χ0) is 39.2. The Kier molecular flexibility index (Phi) is 25.0. The number of dihydropyridines is 1. The molecule has 3 aliphatic rings. The zero-order valence-corrected chi connectivity index (χ0v) is 34.1. The number of hydrogen-bond donors (Lipinski definition) is 1. The quantitative estimate of drug-likeness (QED) is 0.183. The van der Waals surface area contributed by atoms with Gasteiger partial charge in [-0.1, -0.05) is 58.0 Å². The number of carbonyl (C=O) groups is 4. The van der Waals surface area contributed by atoms with Gasteiger partial charge in [0, 0.05) is 25.1 Å². The van der Waals surface area contributed by atoms with Crippen LogP contribution in [0.2, 0.25) is 0 Å². The Labute approximate surface area is 340 Å². The van der Waals surface area contributed by atoms with Crippen molar-refractivity contribution >= 4 is 29.3 Å². The number of rotatable bonds is 2. The molecule has 2 fully saturated rings. The molecule has 54 heavy (non-hydrogen) atoms. The van der Waals surface area contributed by atoms with E-state index in [9.17, 15) is 19.2 Å². The van der Waals surface area contributed by atoms with Crippen molar-refractivity contribution in [2.24, 2.45) is 10.8 Å². The molecule has 20 heteroatoms. The molecule has 0 atom stereocenters. The summed E-state index contributed by atoms with van der Waals surface area (Å²) < 4.78 is 0. The Hall–Kier alpha value is -5.21. The normalized spacial score (nSPS) is 15.4. The van der Waals surface area contributed by atoms with Crippen molar-refractivity contribution in [1.29, 1.82) is 0 Å². The van der Waals surface area contributed by atoms with E-state index in [1.807, 2.05) is 94.4 Å². The van der Waals surface area contributed by atoms with Crippen LogP contribution in [-0.2, 0) is 61.3 Å². The van der Waals surface area contributed by atoms with Crippen LogP contribution in [-0.4, -0.2) is 55.3 Å². The molecule has 0 bridgehead atoms. The summed E-state index contributed by atoms with van der Waals surface area (Å²) in [4.78, 5) is 71.9. The van der Waals surface area contributed by atoms with Gasteiger partial charge >= 0.3 is 42.1 Å². The molecule has 4 amide bonds. The van der Waals surface area contributed by atoms with Crippen molar-refractivity contribution in [2.45, 2.75) is 53.4 Å². The van der Waals surface area contributed by atoms with E-state index >= 15 is 0 Å². The minimum Gasteiger partial charge on any atom is -0.596 e. The van der Waals surface area contributed by atoms with Gasteiger partial charge in [-0.05, 0) is 79.0 Å². The predicted molar refractivity (Wildman–Crippen MR) is 190 cm³/mol. The van der Waals surface area contributed by atoms with Crippen molar-refractivity contribution in [3.8, 4) is 11.4 Å². The fraction of sp³-hybridized carbons (Fsp3) is 0.324. The molecule has 2 saturated heterocycles. The van der Waals surface area contributed by atoms with Crippen LogP contribution in [0.15, 0.2) is 91.4 Å². The maximum atomic E-state index is 10.7. The second kappa shape index (κ2) is 26.5. The van der Waals surface area contributed by atoms with Crippen molar-refractivity contribution < 1.29 is 71.5 Å². The van der Waals surface area contributed by atoms with Gasteiger partial charge in [0.25, 0.3) is 0 Å². The Morgan fingerprint density at radius 3 is 1.15 bits per heavy atom. The van der Waals surface area contributed by atoms with Crippen molar-refractivity contribution in [3.63, 3.8) is 0 Å². The molecule has 3 aliphatic heterocycles. The average molecular weight is 1110 g/mol. The first-order chi connectivity index (χ1) is 24.4. The Bertz CT molecular complexity index is 1560. The summed E-state index contributed by atoms with van der Waals surface area (Å²) in [5.74, 6) is -1.11. The number of nitrogens with zero attached hydrogens (tertiary/aromatic N) is 7. The van der Waals surface area contributed by atoms with Crippen LogP contribution < -0.4 is 5.32 Å². The molecule has 0 aliphatic carbocycles. The summed E-state index contributed by atoms with van der Waals surface area (Å²) in [5.41, 5.74) is 3.59. The number of allylic oxidation sites excluding steroid dienone is 2. The number of carbonyl (C=O) groups excluding carboxylic acids is 4. The maximum absolute atomic E-state index is 10.7. The average Bonchev–Trinajstić information content (AvgIpc) is 3.05. The molecule has 6 heterocycles. The van der Waals surface area contributed by atoms with E-state index in [0.717, 1.165) is 29.3 Å². The maximum Gasteiger partial charge on any atom is 2.00 e. The number of aromatic nitrogens is 3. The number of amides is 4. The van der Waals surface area contributed by atoms with Gasteiger partial charge in [0.1, 0.15) is 0 Å². The van der Waals surface area contributed by atoms with Crippen molar-refractivity contribution in [2.75, 3.05) is 6.54 Å². The third-order valence-corrected chi connectivity index (χ3v) is 6.36. The first kappa shape index (κ1) is 50.9. The number of imide groups is 2. The van der Waals surface area contributed by atoms with Gasteiger partial charge in [0.05, 0.1) is 56.6 Å². The number of hydrogen-bond acceptors (Lipinski definition) is 14. The van der Waals surface area contributed by atoms with Crippen LogP contribution in [0.4, 0.5) is 0 Å². The van der Waals surface area contributed by atoms with E-state index in [2.05, 4.69) is 37.0 Å².